The van der Waals surface area contributed by atoms with E-state index in [-0.39, 0.29) is 17.0 Å². The zero-order chi connectivity index (χ0) is 13.7. The number of carbonyl (C=O) groups excluding carboxylic acids is 1. The normalized spacial score (nSPS) is 11.4. The van der Waals surface area contributed by atoms with E-state index in [0.29, 0.717) is 5.69 Å². The molecule has 1 rings (SSSR count). The van der Waals surface area contributed by atoms with Crippen molar-refractivity contribution in [3.8, 4) is 12.3 Å². The molecule has 0 fully saturated rings. The molecule has 4 N–H and O–H groups in total. The van der Waals surface area contributed by atoms with Gasteiger partial charge in [-0.1, -0.05) is 11.6 Å². The molecular weight excluding hydrogens is 256 g/mol. The van der Waals surface area contributed by atoms with Gasteiger partial charge in [0, 0.05) is 6.42 Å². The van der Waals surface area contributed by atoms with Gasteiger partial charge < -0.3 is 16.2 Å². The number of amides is 1. The summed E-state index contributed by atoms with van der Waals surface area (Å²) in [4.78, 5) is 22.3. The van der Waals surface area contributed by atoms with Crippen molar-refractivity contribution in [1.82, 2.24) is 0 Å². The molecule has 0 aromatic heterocycles. The van der Waals surface area contributed by atoms with Crippen molar-refractivity contribution in [1.29, 1.82) is 0 Å². The van der Waals surface area contributed by atoms with E-state index in [9.17, 15) is 9.59 Å². The molecule has 5 nitrogen and oxygen atoms in total. The molecule has 18 heavy (non-hydrogen) atoms. The van der Waals surface area contributed by atoms with Gasteiger partial charge in [-0.05, 0) is 18.2 Å². The van der Waals surface area contributed by atoms with Gasteiger partial charge in [0.25, 0.3) is 0 Å². The summed E-state index contributed by atoms with van der Waals surface area (Å²) in [7, 11) is 0. The van der Waals surface area contributed by atoms with Crippen molar-refractivity contribution in [3.05, 3.63) is 28.8 Å². The van der Waals surface area contributed by atoms with Gasteiger partial charge in [-0.2, -0.15) is 0 Å². The van der Waals surface area contributed by atoms with E-state index in [1.54, 1.807) is 0 Å². The summed E-state index contributed by atoms with van der Waals surface area (Å²) in [5.41, 5.74) is 5.84. The number of nitrogens with one attached hydrogen (secondary N) is 1. The summed E-state index contributed by atoms with van der Waals surface area (Å²) < 4.78 is 0. The molecule has 94 valence electrons. The third-order valence-electron chi connectivity index (χ3n) is 2.15. The number of hydrogen-bond donors (Lipinski definition) is 3. The highest BCUT2D eigenvalue weighted by Crippen LogP contribution is 2.23. The monoisotopic (exact) mass is 266 g/mol. The number of aromatic carboxylic acids is 1. The maximum absolute atomic E-state index is 11.6. The molecule has 0 saturated carbocycles. The Balaban J connectivity index is 2.83. The molecule has 6 heteroatoms. The molecule has 0 aliphatic carbocycles. The van der Waals surface area contributed by atoms with Crippen LogP contribution in [0.5, 0.6) is 0 Å². The standard InChI is InChI=1S/C12H11ClN2O3/c1-2-3-9(14)11(16)15-10-5-4-7(12(17)18)6-8(10)13/h1,4-6,9H,3,14H2,(H,15,16)(H,17,18). The summed E-state index contributed by atoms with van der Waals surface area (Å²) in [6.45, 7) is 0. The third-order valence-corrected chi connectivity index (χ3v) is 2.46. The van der Waals surface area contributed by atoms with Crippen molar-refractivity contribution < 1.29 is 14.7 Å². The number of benzene rings is 1. The number of anilines is 1. The second-order valence-corrected chi connectivity index (χ2v) is 3.91. The highest BCUT2D eigenvalue weighted by Gasteiger charge is 2.14. The first kappa shape index (κ1) is 14.0. The number of rotatable bonds is 4. The predicted octanol–water partition coefficient (Wildman–Crippen LogP) is 1.33. The van der Waals surface area contributed by atoms with Gasteiger partial charge in [0.05, 0.1) is 22.3 Å². The maximum atomic E-state index is 11.6. The van der Waals surface area contributed by atoms with Crippen LogP contribution < -0.4 is 11.1 Å². The number of terminal acetylenes is 1. The zero-order valence-corrected chi connectivity index (χ0v) is 10.1. The minimum Gasteiger partial charge on any atom is -0.478 e. The van der Waals surface area contributed by atoms with Crippen LogP contribution in [-0.4, -0.2) is 23.0 Å². The van der Waals surface area contributed by atoms with Crippen LogP contribution in [0.3, 0.4) is 0 Å². The smallest absolute Gasteiger partial charge is 0.335 e. The van der Waals surface area contributed by atoms with Gasteiger partial charge in [0.2, 0.25) is 5.91 Å². The molecular formula is C12H11ClN2O3. The summed E-state index contributed by atoms with van der Waals surface area (Å²) in [5.74, 6) is 0.704. The minimum atomic E-state index is -1.10. The quantitative estimate of drug-likeness (QED) is 0.717. The topological polar surface area (TPSA) is 92.4 Å². The van der Waals surface area contributed by atoms with E-state index >= 15 is 0 Å². The Morgan fingerprint density at radius 1 is 1.56 bits per heavy atom. The largest absolute Gasteiger partial charge is 0.478 e. The number of carboxylic acids is 1. The van der Waals surface area contributed by atoms with E-state index in [0.717, 1.165) is 0 Å². The van der Waals surface area contributed by atoms with Gasteiger partial charge >= 0.3 is 5.97 Å². The van der Waals surface area contributed by atoms with Crippen LogP contribution in [0.15, 0.2) is 18.2 Å². The van der Waals surface area contributed by atoms with E-state index in [4.69, 9.17) is 28.9 Å². The van der Waals surface area contributed by atoms with Gasteiger partial charge in [0.15, 0.2) is 0 Å². The van der Waals surface area contributed by atoms with Gasteiger partial charge in [-0.3, -0.25) is 4.79 Å². The Morgan fingerprint density at radius 3 is 2.72 bits per heavy atom. The summed E-state index contributed by atoms with van der Waals surface area (Å²) in [6, 6.07) is 3.14. The molecule has 1 amide bonds. The molecule has 0 bridgehead atoms. The maximum Gasteiger partial charge on any atom is 0.335 e. The highest BCUT2D eigenvalue weighted by molar-refractivity contribution is 6.34. The number of carboxylic acid groups (broad SMARTS) is 1. The lowest BCUT2D eigenvalue weighted by molar-refractivity contribution is -0.117. The third kappa shape index (κ3) is 3.48. The van der Waals surface area contributed by atoms with E-state index < -0.39 is 17.9 Å². The number of hydrogen-bond acceptors (Lipinski definition) is 3. The average molecular weight is 267 g/mol. The minimum absolute atomic E-state index is 0.0333. The molecule has 1 atom stereocenters. The van der Waals surface area contributed by atoms with Gasteiger partial charge in [-0.25, -0.2) is 4.79 Å². The highest BCUT2D eigenvalue weighted by atomic mass is 35.5. The van der Waals surface area contributed by atoms with E-state index in [1.165, 1.54) is 18.2 Å². The second-order valence-electron chi connectivity index (χ2n) is 3.50. The van der Waals surface area contributed by atoms with E-state index in [2.05, 4.69) is 11.2 Å². The van der Waals surface area contributed by atoms with E-state index in [1.807, 2.05) is 0 Å². The Morgan fingerprint density at radius 2 is 2.22 bits per heavy atom. The Labute approximate surface area is 109 Å². The fourth-order valence-electron chi connectivity index (χ4n) is 1.19. The van der Waals surface area contributed by atoms with Crippen LogP contribution in [0.25, 0.3) is 0 Å². The number of halogens is 1. The van der Waals surface area contributed by atoms with Crippen LogP contribution in [0.4, 0.5) is 5.69 Å². The van der Waals surface area contributed by atoms with Crippen molar-refractivity contribution in [2.24, 2.45) is 5.73 Å². The average Bonchev–Trinajstić information content (AvgIpc) is 2.31. The second kappa shape index (κ2) is 6.05. The van der Waals surface area contributed by atoms with Crippen molar-refractivity contribution in [2.75, 3.05) is 5.32 Å². The fraction of sp³-hybridized carbons (Fsp3) is 0.167. The summed E-state index contributed by atoms with van der Waals surface area (Å²) in [5, 5.41) is 11.4. The van der Waals surface area contributed by atoms with Crippen LogP contribution in [0, 0.1) is 12.3 Å². The summed E-state index contributed by atoms with van der Waals surface area (Å²) in [6.07, 6.45) is 5.15. The van der Waals surface area contributed by atoms with Crippen LogP contribution in [0.2, 0.25) is 5.02 Å². The number of carbonyl (C=O) groups is 2. The predicted molar refractivity (Wildman–Crippen MR) is 68.5 cm³/mol. The molecule has 1 unspecified atom stereocenters. The Kier molecular flexibility index (Phi) is 4.72. The molecule has 0 aliphatic rings. The first-order valence-electron chi connectivity index (χ1n) is 4.98. The van der Waals surface area contributed by atoms with Crippen LogP contribution >= 0.6 is 11.6 Å². The lowest BCUT2D eigenvalue weighted by Gasteiger charge is -2.11. The summed E-state index contributed by atoms with van der Waals surface area (Å²) >= 11 is 5.84. The molecule has 0 heterocycles. The molecule has 0 spiro atoms. The SMILES string of the molecule is C#CCC(N)C(=O)Nc1ccc(C(=O)O)cc1Cl. The first-order chi connectivity index (χ1) is 8.45. The number of nitrogens with two attached hydrogens (primary N) is 1. The molecule has 1 aromatic carbocycles. The molecule has 0 saturated heterocycles. The molecule has 0 radical (unpaired) electrons. The van der Waals surface area contributed by atoms with Gasteiger partial charge in [0.1, 0.15) is 0 Å². The Hall–Kier alpha value is -2.03. The van der Waals surface area contributed by atoms with Crippen LogP contribution in [0.1, 0.15) is 16.8 Å². The Bertz CT molecular complexity index is 523. The lowest BCUT2D eigenvalue weighted by Crippen LogP contribution is -2.35. The molecule has 0 aliphatic heterocycles. The van der Waals surface area contributed by atoms with Crippen molar-refractivity contribution in [2.45, 2.75) is 12.5 Å². The molecule has 1 aromatic rings. The fourth-order valence-corrected chi connectivity index (χ4v) is 1.42. The first-order valence-corrected chi connectivity index (χ1v) is 5.36. The lowest BCUT2D eigenvalue weighted by atomic mass is 10.2. The van der Waals surface area contributed by atoms with Crippen LogP contribution in [-0.2, 0) is 4.79 Å². The van der Waals surface area contributed by atoms with Gasteiger partial charge in [-0.15, -0.1) is 12.3 Å². The van der Waals surface area contributed by atoms with Crippen molar-refractivity contribution >= 4 is 29.2 Å². The van der Waals surface area contributed by atoms with Crippen molar-refractivity contribution in [3.63, 3.8) is 0 Å². The zero-order valence-electron chi connectivity index (χ0n) is 9.31.